The van der Waals surface area contributed by atoms with E-state index < -0.39 is 0 Å². The third kappa shape index (κ3) is 3.08. The molecule has 0 N–H and O–H groups in total. The van der Waals surface area contributed by atoms with Crippen molar-refractivity contribution in [2.45, 2.75) is 6.42 Å². The summed E-state index contributed by atoms with van der Waals surface area (Å²) in [5, 5.41) is 0. The molecule has 0 atom stereocenters. The van der Waals surface area contributed by atoms with Crippen LogP contribution in [0.4, 0.5) is 5.69 Å². The van der Waals surface area contributed by atoms with Gasteiger partial charge < -0.3 is 14.5 Å². The Morgan fingerprint density at radius 1 is 1.26 bits per heavy atom. The molecule has 2 rings (SSSR count). The molecule has 1 fully saturated rings. The van der Waals surface area contributed by atoms with Crippen molar-refractivity contribution in [2.24, 2.45) is 0 Å². The highest BCUT2D eigenvalue weighted by molar-refractivity contribution is 5.87. The van der Waals surface area contributed by atoms with Crippen LogP contribution in [0.25, 0.3) is 0 Å². The summed E-state index contributed by atoms with van der Waals surface area (Å²) in [4.78, 5) is 15.8. The molecule has 0 aliphatic carbocycles. The summed E-state index contributed by atoms with van der Waals surface area (Å²) in [5.41, 5.74) is 1.10. The van der Waals surface area contributed by atoms with Gasteiger partial charge in [-0.05, 0) is 24.6 Å². The van der Waals surface area contributed by atoms with Gasteiger partial charge in [0, 0.05) is 26.2 Å². The molecule has 0 aromatic heterocycles. The van der Waals surface area contributed by atoms with Gasteiger partial charge in [-0.1, -0.05) is 18.7 Å². The average molecular weight is 260 g/mol. The molecule has 1 aromatic carbocycles. The zero-order valence-electron chi connectivity index (χ0n) is 11.3. The van der Waals surface area contributed by atoms with E-state index in [1.54, 1.807) is 7.11 Å². The normalized spacial score (nSPS) is 15.8. The fourth-order valence-corrected chi connectivity index (χ4v) is 2.40. The van der Waals surface area contributed by atoms with E-state index in [1.807, 2.05) is 23.1 Å². The Morgan fingerprint density at radius 3 is 2.79 bits per heavy atom. The molecule has 4 nitrogen and oxygen atoms in total. The summed E-state index contributed by atoms with van der Waals surface area (Å²) < 4.78 is 5.40. The number of carbonyl (C=O) groups excluding carboxylic acids is 1. The van der Waals surface area contributed by atoms with Crippen LogP contribution in [0, 0.1) is 0 Å². The van der Waals surface area contributed by atoms with Crippen LogP contribution in [0.5, 0.6) is 5.75 Å². The minimum atomic E-state index is 0.0156. The maximum absolute atomic E-state index is 11.7. The molecule has 19 heavy (non-hydrogen) atoms. The Hall–Kier alpha value is -1.97. The highest BCUT2D eigenvalue weighted by Gasteiger charge is 2.19. The van der Waals surface area contributed by atoms with E-state index >= 15 is 0 Å². The van der Waals surface area contributed by atoms with Gasteiger partial charge in [0.2, 0.25) is 5.91 Å². The van der Waals surface area contributed by atoms with Gasteiger partial charge in [-0.3, -0.25) is 4.79 Å². The maximum Gasteiger partial charge on any atom is 0.246 e. The van der Waals surface area contributed by atoms with Crippen LogP contribution in [0.15, 0.2) is 36.9 Å². The lowest BCUT2D eigenvalue weighted by Crippen LogP contribution is -2.34. The number of nitrogens with zero attached hydrogens (tertiary/aromatic N) is 2. The van der Waals surface area contributed by atoms with Crippen molar-refractivity contribution in [1.82, 2.24) is 4.90 Å². The van der Waals surface area contributed by atoms with Crippen molar-refractivity contribution in [2.75, 3.05) is 38.2 Å². The predicted octanol–water partition coefficient (Wildman–Crippen LogP) is 1.92. The zero-order valence-corrected chi connectivity index (χ0v) is 11.3. The highest BCUT2D eigenvalue weighted by Crippen LogP contribution is 2.28. The van der Waals surface area contributed by atoms with Gasteiger partial charge in [0.1, 0.15) is 5.75 Å². The molecule has 0 unspecified atom stereocenters. The number of para-hydroxylation sites is 2. The number of anilines is 1. The maximum atomic E-state index is 11.7. The number of amides is 1. The Kier molecular flexibility index (Phi) is 4.44. The quantitative estimate of drug-likeness (QED) is 0.778. The van der Waals surface area contributed by atoms with Gasteiger partial charge in [-0.2, -0.15) is 0 Å². The van der Waals surface area contributed by atoms with E-state index in [2.05, 4.69) is 17.5 Å². The van der Waals surface area contributed by atoms with E-state index in [0.29, 0.717) is 0 Å². The summed E-state index contributed by atoms with van der Waals surface area (Å²) in [6, 6.07) is 8.00. The van der Waals surface area contributed by atoms with Crippen LogP contribution < -0.4 is 9.64 Å². The predicted molar refractivity (Wildman–Crippen MR) is 76.6 cm³/mol. The van der Waals surface area contributed by atoms with Crippen molar-refractivity contribution in [3.63, 3.8) is 0 Å². The Labute approximate surface area is 114 Å². The lowest BCUT2D eigenvalue weighted by Gasteiger charge is -2.25. The van der Waals surface area contributed by atoms with Gasteiger partial charge in [0.05, 0.1) is 12.8 Å². The number of hydrogen-bond acceptors (Lipinski definition) is 3. The van der Waals surface area contributed by atoms with Crippen LogP contribution in [-0.2, 0) is 4.79 Å². The number of methoxy groups -OCH3 is 1. The molecule has 0 saturated carbocycles. The van der Waals surface area contributed by atoms with Crippen LogP contribution in [0.1, 0.15) is 6.42 Å². The molecule has 1 aliphatic rings. The van der Waals surface area contributed by atoms with Crippen LogP contribution in [0.3, 0.4) is 0 Å². The van der Waals surface area contributed by atoms with Gasteiger partial charge in [-0.15, -0.1) is 0 Å². The lowest BCUT2D eigenvalue weighted by atomic mass is 10.2. The fraction of sp³-hybridized carbons (Fsp3) is 0.400. The lowest BCUT2D eigenvalue weighted by molar-refractivity contribution is -0.125. The topological polar surface area (TPSA) is 32.8 Å². The number of benzene rings is 1. The smallest absolute Gasteiger partial charge is 0.246 e. The first-order chi connectivity index (χ1) is 9.26. The van der Waals surface area contributed by atoms with Crippen LogP contribution >= 0.6 is 0 Å². The van der Waals surface area contributed by atoms with Crippen molar-refractivity contribution in [3.8, 4) is 5.75 Å². The molecule has 1 saturated heterocycles. The first-order valence-corrected chi connectivity index (χ1v) is 6.55. The molecule has 0 bridgehead atoms. The monoisotopic (exact) mass is 260 g/mol. The summed E-state index contributed by atoms with van der Waals surface area (Å²) in [7, 11) is 1.68. The standard InChI is InChI=1S/C15H20N2O2/c1-3-15(18)17-10-6-9-16(11-12-17)13-7-4-5-8-14(13)19-2/h3-5,7-8H,1,6,9-12H2,2H3. The average Bonchev–Trinajstić information content (AvgIpc) is 2.72. The number of rotatable bonds is 3. The summed E-state index contributed by atoms with van der Waals surface area (Å²) in [6.07, 6.45) is 2.34. The van der Waals surface area contributed by atoms with E-state index in [4.69, 9.17) is 4.74 Å². The van der Waals surface area contributed by atoms with Crippen LogP contribution in [0.2, 0.25) is 0 Å². The Balaban J connectivity index is 2.10. The second-order valence-corrected chi connectivity index (χ2v) is 4.54. The first-order valence-electron chi connectivity index (χ1n) is 6.55. The molecule has 102 valence electrons. The van der Waals surface area contributed by atoms with Crippen molar-refractivity contribution in [3.05, 3.63) is 36.9 Å². The number of ether oxygens (including phenoxy) is 1. The second kappa shape index (κ2) is 6.27. The Morgan fingerprint density at radius 2 is 2.05 bits per heavy atom. The molecular weight excluding hydrogens is 240 g/mol. The minimum Gasteiger partial charge on any atom is -0.495 e. The molecular formula is C15H20N2O2. The SMILES string of the molecule is C=CC(=O)N1CCCN(c2ccccc2OC)CC1. The van der Waals surface area contributed by atoms with Crippen molar-refractivity contribution >= 4 is 11.6 Å². The highest BCUT2D eigenvalue weighted by atomic mass is 16.5. The number of carbonyl (C=O) groups is 1. The molecule has 0 spiro atoms. The van der Waals surface area contributed by atoms with Gasteiger partial charge in [-0.25, -0.2) is 0 Å². The van der Waals surface area contributed by atoms with Gasteiger partial charge in [0.15, 0.2) is 0 Å². The summed E-state index contributed by atoms with van der Waals surface area (Å²) in [6.45, 7) is 6.81. The van der Waals surface area contributed by atoms with Crippen LogP contribution in [-0.4, -0.2) is 44.1 Å². The zero-order chi connectivity index (χ0) is 13.7. The molecule has 1 heterocycles. The second-order valence-electron chi connectivity index (χ2n) is 4.54. The van der Waals surface area contributed by atoms with Crippen molar-refractivity contribution < 1.29 is 9.53 Å². The van der Waals surface area contributed by atoms with Gasteiger partial charge in [0.25, 0.3) is 0 Å². The largest absolute Gasteiger partial charge is 0.495 e. The molecule has 1 aromatic rings. The minimum absolute atomic E-state index is 0.0156. The molecule has 4 heteroatoms. The van der Waals surface area contributed by atoms with E-state index in [-0.39, 0.29) is 5.91 Å². The van der Waals surface area contributed by atoms with E-state index in [1.165, 1.54) is 6.08 Å². The Bertz CT molecular complexity index is 459. The number of hydrogen-bond donors (Lipinski definition) is 0. The van der Waals surface area contributed by atoms with Gasteiger partial charge >= 0.3 is 0 Å². The van der Waals surface area contributed by atoms with E-state index in [0.717, 1.165) is 44.0 Å². The van der Waals surface area contributed by atoms with Crippen molar-refractivity contribution in [1.29, 1.82) is 0 Å². The van der Waals surface area contributed by atoms with E-state index in [9.17, 15) is 4.79 Å². The summed E-state index contributed by atoms with van der Waals surface area (Å²) in [5.74, 6) is 0.896. The fourth-order valence-electron chi connectivity index (χ4n) is 2.40. The third-order valence-electron chi connectivity index (χ3n) is 3.41. The third-order valence-corrected chi connectivity index (χ3v) is 3.41. The molecule has 1 aliphatic heterocycles. The first kappa shape index (κ1) is 13.5. The summed E-state index contributed by atoms with van der Waals surface area (Å²) >= 11 is 0. The molecule has 0 radical (unpaired) electrons. The molecule has 1 amide bonds.